The highest BCUT2D eigenvalue weighted by molar-refractivity contribution is 7.13. The van der Waals surface area contributed by atoms with Crippen LogP contribution in [0.15, 0.2) is 23.2 Å². The monoisotopic (exact) mass is 314 g/mol. The zero-order valence-corrected chi connectivity index (χ0v) is 13.7. The predicted octanol–water partition coefficient (Wildman–Crippen LogP) is 3.52. The summed E-state index contributed by atoms with van der Waals surface area (Å²) in [4.78, 5) is 16.1. The number of nitriles is 1. The highest BCUT2D eigenvalue weighted by Crippen LogP contribution is 2.19. The molecule has 114 valence electrons. The third-order valence-corrected chi connectivity index (χ3v) is 4.07. The Morgan fingerprint density at radius 3 is 2.91 bits per heavy atom. The smallest absolute Gasteiger partial charge is 0.268 e. The molecule has 0 saturated heterocycles. The van der Waals surface area contributed by atoms with E-state index < -0.39 is 5.91 Å². The molecule has 6 heteroatoms. The SMILES string of the molecule is CCCn1c(C)cc(/C=C(/C#N)C(=O)Nc2nccs2)c1C. The number of anilines is 1. The molecule has 0 aliphatic rings. The van der Waals surface area contributed by atoms with Gasteiger partial charge in [0.2, 0.25) is 0 Å². The average Bonchev–Trinajstić information content (AvgIpc) is 3.08. The van der Waals surface area contributed by atoms with Gasteiger partial charge in [-0.1, -0.05) is 6.92 Å². The van der Waals surface area contributed by atoms with Gasteiger partial charge >= 0.3 is 0 Å². The average molecular weight is 314 g/mol. The zero-order chi connectivity index (χ0) is 16.1. The first-order chi connectivity index (χ1) is 10.6. The lowest BCUT2D eigenvalue weighted by Crippen LogP contribution is -2.13. The van der Waals surface area contributed by atoms with Crippen molar-refractivity contribution in [1.82, 2.24) is 9.55 Å². The van der Waals surface area contributed by atoms with Crippen molar-refractivity contribution < 1.29 is 4.79 Å². The Bertz CT molecular complexity index is 735. The molecule has 0 fully saturated rings. The molecule has 0 aliphatic carbocycles. The standard InChI is InChI=1S/C16H18N4OS/c1-4-6-20-11(2)8-13(12(20)3)9-14(10-17)15(21)19-16-18-5-7-22-16/h5,7-9H,4,6H2,1-3H3,(H,18,19,21)/b14-9-. The fourth-order valence-electron chi connectivity index (χ4n) is 2.30. The lowest BCUT2D eigenvalue weighted by Gasteiger charge is -2.07. The lowest BCUT2D eigenvalue weighted by atomic mass is 10.1. The van der Waals surface area contributed by atoms with Crippen molar-refractivity contribution >= 4 is 28.5 Å². The van der Waals surface area contributed by atoms with Crippen molar-refractivity contribution in [3.63, 3.8) is 0 Å². The van der Waals surface area contributed by atoms with Crippen LogP contribution in [0.3, 0.4) is 0 Å². The van der Waals surface area contributed by atoms with Gasteiger partial charge in [-0.3, -0.25) is 10.1 Å². The van der Waals surface area contributed by atoms with E-state index in [0.717, 1.165) is 29.9 Å². The van der Waals surface area contributed by atoms with Gasteiger partial charge < -0.3 is 4.57 Å². The van der Waals surface area contributed by atoms with Gasteiger partial charge in [-0.2, -0.15) is 5.26 Å². The molecule has 0 aromatic carbocycles. The summed E-state index contributed by atoms with van der Waals surface area (Å²) < 4.78 is 2.19. The third kappa shape index (κ3) is 3.43. The molecule has 2 heterocycles. The van der Waals surface area contributed by atoms with Gasteiger partial charge in [0.1, 0.15) is 11.6 Å². The zero-order valence-electron chi connectivity index (χ0n) is 12.9. The highest BCUT2D eigenvalue weighted by atomic mass is 32.1. The number of carbonyl (C=O) groups excluding carboxylic acids is 1. The Morgan fingerprint density at radius 2 is 2.32 bits per heavy atom. The molecule has 1 amide bonds. The molecule has 2 rings (SSSR count). The van der Waals surface area contributed by atoms with E-state index in [9.17, 15) is 10.1 Å². The normalized spacial score (nSPS) is 11.3. The van der Waals surface area contributed by atoms with Crippen molar-refractivity contribution in [3.05, 3.63) is 40.2 Å². The number of aromatic nitrogens is 2. The molecule has 2 aromatic rings. The molecule has 0 aliphatic heterocycles. The summed E-state index contributed by atoms with van der Waals surface area (Å²) in [6.07, 6.45) is 4.28. The van der Waals surface area contributed by atoms with Gasteiger partial charge in [0.05, 0.1) is 0 Å². The molecule has 0 bridgehead atoms. The number of carbonyl (C=O) groups is 1. The van der Waals surface area contributed by atoms with Gasteiger partial charge in [-0.15, -0.1) is 11.3 Å². The topological polar surface area (TPSA) is 70.7 Å². The summed E-state index contributed by atoms with van der Waals surface area (Å²) in [5.41, 5.74) is 3.17. The second kappa shape index (κ2) is 7.05. The highest BCUT2D eigenvalue weighted by Gasteiger charge is 2.13. The van der Waals surface area contributed by atoms with E-state index in [1.165, 1.54) is 11.3 Å². The summed E-state index contributed by atoms with van der Waals surface area (Å²) >= 11 is 1.32. The summed E-state index contributed by atoms with van der Waals surface area (Å²) in [7, 11) is 0. The van der Waals surface area contributed by atoms with Crippen LogP contribution in [-0.2, 0) is 11.3 Å². The molecule has 0 unspecified atom stereocenters. The first-order valence-corrected chi connectivity index (χ1v) is 7.94. The Kier molecular flexibility index (Phi) is 5.12. The number of hydrogen-bond acceptors (Lipinski definition) is 4. The minimum absolute atomic E-state index is 0.0759. The van der Waals surface area contributed by atoms with Gasteiger partial charge in [0.25, 0.3) is 5.91 Å². The van der Waals surface area contributed by atoms with Crippen molar-refractivity contribution in [2.45, 2.75) is 33.7 Å². The minimum atomic E-state index is -0.433. The number of rotatable bonds is 5. The van der Waals surface area contributed by atoms with Crippen LogP contribution in [-0.4, -0.2) is 15.5 Å². The Balaban J connectivity index is 2.27. The maximum absolute atomic E-state index is 12.1. The van der Waals surface area contributed by atoms with Crippen LogP contribution >= 0.6 is 11.3 Å². The maximum atomic E-state index is 12.1. The fraction of sp³-hybridized carbons (Fsp3) is 0.312. The van der Waals surface area contributed by atoms with E-state index in [0.29, 0.717) is 5.13 Å². The van der Waals surface area contributed by atoms with Crippen LogP contribution in [0.1, 0.15) is 30.3 Å². The van der Waals surface area contributed by atoms with E-state index in [-0.39, 0.29) is 5.57 Å². The van der Waals surface area contributed by atoms with Crippen LogP contribution in [0.25, 0.3) is 6.08 Å². The van der Waals surface area contributed by atoms with E-state index in [1.54, 1.807) is 17.7 Å². The van der Waals surface area contributed by atoms with Gasteiger partial charge in [0.15, 0.2) is 5.13 Å². The Hall–Kier alpha value is -2.39. The van der Waals surface area contributed by atoms with E-state index in [1.807, 2.05) is 26.0 Å². The van der Waals surface area contributed by atoms with E-state index in [4.69, 9.17) is 0 Å². The molecule has 5 nitrogen and oxygen atoms in total. The molecule has 0 spiro atoms. The summed E-state index contributed by atoms with van der Waals surface area (Å²) in [6, 6.07) is 3.97. The molecule has 0 radical (unpaired) electrons. The predicted molar refractivity (Wildman–Crippen MR) is 88.5 cm³/mol. The van der Waals surface area contributed by atoms with Gasteiger partial charge in [-0.05, 0) is 38.0 Å². The minimum Gasteiger partial charge on any atom is -0.349 e. The molecule has 2 aromatic heterocycles. The van der Waals surface area contributed by atoms with Crippen LogP contribution < -0.4 is 5.32 Å². The molecular formula is C16H18N4OS. The van der Waals surface area contributed by atoms with Gasteiger partial charge in [0, 0.05) is 29.5 Å². The number of nitrogens with one attached hydrogen (secondary N) is 1. The van der Waals surface area contributed by atoms with E-state index >= 15 is 0 Å². The maximum Gasteiger partial charge on any atom is 0.268 e. The number of hydrogen-bond donors (Lipinski definition) is 1. The van der Waals surface area contributed by atoms with Crippen LogP contribution in [0, 0.1) is 25.2 Å². The van der Waals surface area contributed by atoms with Crippen LogP contribution in [0.4, 0.5) is 5.13 Å². The summed E-state index contributed by atoms with van der Waals surface area (Å²) in [6.45, 7) is 7.08. The summed E-state index contributed by atoms with van der Waals surface area (Å²) in [5, 5.41) is 14.1. The quantitative estimate of drug-likeness (QED) is 0.678. The molecule has 1 N–H and O–H groups in total. The number of amides is 1. The van der Waals surface area contributed by atoms with Crippen molar-refractivity contribution in [1.29, 1.82) is 5.26 Å². The fourth-order valence-corrected chi connectivity index (χ4v) is 2.82. The molecule has 22 heavy (non-hydrogen) atoms. The van der Waals surface area contributed by atoms with Crippen LogP contribution in [0.5, 0.6) is 0 Å². The molecule has 0 saturated carbocycles. The number of aryl methyl sites for hydroxylation is 1. The largest absolute Gasteiger partial charge is 0.349 e. The first-order valence-electron chi connectivity index (χ1n) is 7.06. The molecule has 0 atom stereocenters. The van der Waals surface area contributed by atoms with Gasteiger partial charge in [-0.25, -0.2) is 4.98 Å². The first kappa shape index (κ1) is 16.0. The second-order valence-corrected chi connectivity index (χ2v) is 5.83. The number of nitrogens with zero attached hydrogens (tertiary/aromatic N) is 3. The third-order valence-electron chi connectivity index (χ3n) is 3.38. The van der Waals surface area contributed by atoms with Crippen molar-refractivity contribution in [3.8, 4) is 6.07 Å². The Labute approximate surface area is 133 Å². The lowest BCUT2D eigenvalue weighted by molar-refractivity contribution is -0.112. The second-order valence-electron chi connectivity index (χ2n) is 4.94. The number of thiazole rings is 1. The van der Waals surface area contributed by atoms with Crippen LogP contribution in [0.2, 0.25) is 0 Å². The van der Waals surface area contributed by atoms with Crippen molar-refractivity contribution in [2.75, 3.05) is 5.32 Å². The summed E-state index contributed by atoms with van der Waals surface area (Å²) in [5.74, 6) is -0.433. The Morgan fingerprint density at radius 1 is 1.55 bits per heavy atom. The molecular weight excluding hydrogens is 296 g/mol. The van der Waals surface area contributed by atoms with Crippen molar-refractivity contribution in [2.24, 2.45) is 0 Å². The van der Waals surface area contributed by atoms with E-state index in [2.05, 4.69) is 21.8 Å².